The van der Waals surface area contributed by atoms with Gasteiger partial charge in [0.15, 0.2) is 0 Å². The Labute approximate surface area is 125 Å². The minimum Gasteiger partial charge on any atom is -0.314 e. The van der Waals surface area contributed by atoms with Crippen molar-refractivity contribution in [1.29, 1.82) is 0 Å². The van der Waals surface area contributed by atoms with E-state index in [-0.39, 0.29) is 11.2 Å². The lowest BCUT2D eigenvalue weighted by molar-refractivity contribution is -0.117. The molecule has 0 bridgehead atoms. The number of nitrogens with zero attached hydrogens (tertiary/aromatic N) is 1. The topological polar surface area (TPSA) is 20.3 Å². The monoisotopic (exact) mass is 285 g/mol. The average molecular weight is 285 g/mol. The second-order valence-electron chi connectivity index (χ2n) is 4.89. The van der Waals surface area contributed by atoms with Crippen molar-refractivity contribution in [2.45, 2.75) is 18.6 Å². The Morgan fingerprint density at radius 3 is 2.35 bits per heavy atom. The van der Waals surface area contributed by atoms with Crippen molar-refractivity contribution in [3.63, 3.8) is 0 Å². The number of amides is 1. The van der Waals surface area contributed by atoms with E-state index < -0.39 is 0 Å². The van der Waals surface area contributed by atoms with Gasteiger partial charge in [-0.25, -0.2) is 0 Å². The fourth-order valence-corrected chi connectivity index (χ4v) is 2.59. The first kappa shape index (κ1) is 14.7. The second-order valence-corrected chi connectivity index (χ2v) is 5.51. The fraction of sp³-hybridized carbons (Fsp3) is 0.235. The van der Waals surface area contributed by atoms with E-state index in [9.17, 15) is 4.79 Å². The summed E-state index contributed by atoms with van der Waals surface area (Å²) >= 11 is 4.47. The van der Waals surface area contributed by atoms with Crippen LogP contribution in [0.4, 0.5) is 5.69 Å². The first-order valence-electron chi connectivity index (χ1n) is 6.65. The minimum atomic E-state index is -0.331. The van der Waals surface area contributed by atoms with Crippen LogP contribution in [0.2, 0.25) is 0 Å². The molecule has 1 atom stereocenters. The summed E-state index contributed by atoms with van der Waals surface area (Å²) < 4.78 is 0. The van der Waals surface area contributed by atoms with Crippen LogP contribution in [0, 0.1) is 6.92 Å². The highest BCUT2D eigenvalue weighted by Gasteiger charge is 2.20. The Hall–Kier alpha value is -1.74. The van der Waals surface area contributed by atoms with Crippen LogP contribution in [-0.4, -0.2) is 18.2 Å². The molecule has 104 valence electrons. The molecule has 0 spiro atoms. The molecule has 0 saturated heterocycles. The standard InChI is InChI=1S/C17H19NOS/c1-13-8-6-7-11-15(13)18(2)17(19)16(20)12-14-9-4-3-5-10-14/h3-11,16,20H,12H2,1-2H3. The summed E-state index contributed by atoms with van der Waals surface area (Å²) in [6.45, 7) is 2.00. The van der Waals surface area contributed by atoms with E-state index in [1.165, 1.54) is 0 Å². The van der Waals surface area contributed by atoms with Gasteiger partial charge in [0.2, 0.25) is 5.91 Å². The van der Waals surface area contributed by atoms with E-state index in [1.807, 2.05) is 61.5 Å². The molecule has 0 aliphatic carbocycles. The van der Waals surface area contributed by atoms with E-state index in [0.29, 0.717) is 6.42 Å². The van der Waals surface area contributed by atoms with Crippen LogP contribution >= 0.6 is 12.6 Å². The first-order chi connectivity index (χ1) is 9.59. The molecule has 20 heavy (non-hydrogen) atoms. The minimum absolute atomic E-state index is 0.0199. The summed E-state index contributed by atoms with van der Waals surface area (Å²) in [5, 5.41) is -0.331. The lowest BCUT2D eigenvalue weighted by Gasteiger charge is -2.22. The molecular weight excluding hydrogens is 266 g/mol. The second kappa shape index (κ2) is 6.62. The van der Waals surface area contributed by atoms with Crippen molar-refractivity contribution in [3.8, 4) is 0 Å². The summed E-state index contributed by atoms with van der Waals surface area (Å²) in [5.41, 5.74) is 3.15. The van der Waals surface area contributed by atoms with E-state index >= 15 is 0 Å². The van der Waals surface area contributed by atoms with Gasteiger partial charge in [-0.05, 0) is 30.5 Å². The van der Waals surface area contributed by atoms with Crippen LogP contribution in [0.25, 0.3) is 0 Å². The number of aryl methyl sites for hydroxylation is 1. The number of hydrogen-bond donors (Lipinski definition) is 1. The molecule has 1 amide bonds. The molecule has 2 rings (SSSR count). The molecule has 0 heterocycles. The summed E-state index contributed by atoms with van der Waals surface area (Å²) in [5.74, 6) is 0.0199. The number of carbonyl (C=O) groups excluding carboxylic acids is 1. The number of benzene rings is 2. The number of carbonyl (C=O) groups is 1. The van der Waals surface area contributed by atoms with Gasteiger partial charge in [-0.1, -0.05) is 48.5 Å². The molecule has 0 fully saturated rings. The van der Waals surface area contributed by atoms with Crippen LogP contribution < -0.4 is 4.90 Å². The Morgan fingerprint density at radius 2 is 1.70 bits per heavy atom. The van der Waals surface area contributed by atoms with E-state index in [0.717, 1.165) is 16.8 Å². The van der Waals surface area contributed by atoms with Crippen LogP contribution in [0.3, 0.4) is 0 Å². The maximum Gasteiger partial charge on any atom is 0.239 e. The van der Waals surface area contributed by atoms with Gasteiger partial charge in [-0.2, -0.15) is 12.6 Å². The predicted octanol–water partition coefficient (Wildman–Crippen LogP) is 3.50. The van der Waals surface area contributed by atoms with Gasteiger partial charge in [0.05, 0.1) is 5.25 Å². The third kappa shape index (κ3) is 3.42. The van der Waals surface area contributed by atoms with E-state index in [2.05, 4.69) is 12.6 Å². The van der Waals surface area contributed by atoms with Crippen LogP contribution in [0.5, 0.6) is 0 Å². The molecular formula is C17H19NOS. The quantitative estimate of drug-likeness (QED) is 0.853. The third-order valence-electron chi connectivity index (χ3n) is 3.36. The molecule has 0 saturated carbocycles. The average Bonchev–Trinajstić information content (AvgIpc) is 2.47. The predicted molar refractivity (Wildman–Crippen MR) is 87.5 cm³/mol. The largest absolute Gasteiger partial charge is 0.314 e. The van der Waals surface area contributed by atoms with Gasteiger partial charge >= 0.3 is 0 Å². The Balaban J connectivity index is 2.09. The molecule has 0 aliphatic rings. The summed E-state index contributed by atoms with van der Waals surface area (Å²) in [6, 6.07) is 17.8. The number of thiol groups is 1. The lowest BCUT2D eigenvalue weighted by Crippen LogP contribution is -2.35. The highest BCUT2D eigenvalue weighted by Crippen LogP contribution is 2.20. The molecule has 0 aromatic heterocycles. The maximum atomic E-state index is 12.4. The van der Waals surface area contributed by atoms with E-state index in [1.54, 1.807) is 11.9 Å². The highest BCUT2D eigenvalue weighted by atomic mass is 32.1. The molecule has 0 aliphatic heterocycles. The number of para-hydroxylation sites is 1. The van der Waals surface area contributed by atoms with Gasteiger partial charge in [-0.3, -0.25) is 4.79 Å². The van der Waals surface area contributed by atoms with Crippen molar-refractivity contribution in [1.82, 2.24) is 0 Å². The van der Waals surface area contributed by atoms with Gasteiger partial charge in [0, 0.05) is 12.7 Å². The molecule has 1 unspecified atom stereocenters. The third-order valence-corrected chi connectivity index (χ3v) is 3.77. The fourth-order valence-electron chi connectivity index (χ4n) is 2.21. The van der Waals surface area contributed by atoms with Crippen LogP contribution in [-0.2, 0) is 11.2 Å². The Morgan fingerprint density at radius 1 is 1.10 bits per heavy atom. The zero-order valence-electron chi connectivity index (χ0n) is 11.8. The normalized spacial score (nSPS) is 11.9. The summed E-state index contributed by atoms with van der Waals surface area (Å²) in [7, 11) is 1.80. The smallest absolute Gasteiger partial charge is 0.239 e. The van der Waals surface area contributed by atoms with Crippen molar-refractivity contribution < 1.29 is 4.79 Å². The molecule has 2 aromatic carbocycles. The van der Waals surface area contributed by atoms with Crippen molar-refractivity contribution in [2.24, 2.45) is 0 Å². The Kier molecular flexibility index (Phi) is 4.85. The van der Waals surface area contributed by atoms with Crippen molar-refractivity contribution in [3.05, 3.63) is 65.7 Å². The Bertz CT molecular complexity index is 583. The molecule has 0 N–H and O–H groups in total. The number of anilines is 1. The number of rotatable bonds is 4. The highest BCUT2D eigenvalue weighted by molar-refractivity contribution is 7.81. The summed E-state index contributed by atoms with van der Waals surface area (Å²) in [6.07, 6.45) is 0.638. The molecule has 2 aromatic rings. The first-order valence-corrected chi connectivity index (χ1v) is 7.16. The van der Waals surface area contributed by atoms with Gasteiger partial charge in [-0.15, -0.1) is 0 Å². The van der Waals surface area contributed by atoms with Gasteiger partial charge < -0.3 is 4.90 Å². The van der Waals surface area contributed by atoms with Crippen LogP contribution in [0.1, 0.15) is 11.1 Å². The van der Waals surface area contributed by atoms with Gasteiger partial charge in [0.25, 0.3) is 0 Å². The summed E-state index contributed by atoms with van der Waals surface area (Å²) in [4.78, 5) is 14.1. The zero-order chi connectivity index (χ0) is 14.5. The van der Waals surface area contributed by atoms with Crippen molar-refractivity contribution >= 4 is 24.2 Å². The molecule has 2 nitrogen and oxygen atoms in total. The lowest BCUT2D eigenvalue weighted by atomic mass is 10.1. The number of hydrogen-bond acceptors (Lipinski definition) is 2. The molecule has 3 heteroatoms. The maximum absolute atomic E-state index is 12.4. The molecule has 0 radical (unpaired) electrons. The SMILES string of the molecule is Cc1ccccc1N(C)C(=O)C(S)Cc1ccccc1. The van der Waals surface area contributed by atoms with Crippen LogP contribution in [0.15, 0.2) is 54.6 Å². The van der Waals surface area contributed by atoms with Crippen molar-refractivity contribution in [2.75, 3.05) is 11.9 Å². The zero-order valence-corrected chi connectivity index (χ0v) is 12.7. The van der Waals surface area contributed by atoms with E-state index in [4.69, 9.17) is 0 Å². The van der Waals surface area contributed by atoms with Gasteiger partial charge in [0.1, 0.15) is 0 Å².